The van der Waals surface area contributed by atoms with Crippen molar-refractivity contribution in [2.24, 2.45) is 0 Å². The summed E-state index contributed by atoms with van der Waals surface area (Å²) in [6, 6.07) is 14.4. The van der Waals surface area contributed by atoms with Crippen molar-refractivity contribution in [1.82, 2.24) is 15.0 Å². The molecule has 3 aromatic rings. The number of hydrogen-bond acceptors (Lipinski definition) is 6. The standard InChI is InChI=1S/C19H19ClN4O3/c1-24(11-17(25)21-15-4-3-5-16(10-15)26-2)12-18-22-19(23-27-18)13-6-8-14(20)9-7-13/h3-10H,11-12H2,1-2H3,(H,21,25). The number of carbonyl (C=O) groups is 1. The number of rotatable bonds is 7. The summed E-state index contributed by atoms with van der Waals surface area (Å²) in [4.78, 5) is 18.3. The van der Waals surface area contributed by atoms with Crippen molar-refractivity contribution >= 4 is 23.2 Å². The van der Waals surface area contributed by atoms with E-state index in [0.717, 1.165) is 5.56 Å². The van der Waals surface area contributed by atoms with Gasteiger partial charge in [0.2, 0.25) is 17.6 Å². The van der Waals surface area contributed by atoms with Gasteiger partial charge >= 0.3 is 0 Å². The van der Waals surface area contributed by atoms with Crippen molar-refractivity contribution in [2.75, 3.05) is 26.0 Å². The average Bonchev–Trinajstić information content (AvgIpc) is 3.10. The van der Waals surface area contributed by atoms with Crippen LogP contribution in [0.2, 0.25) is 5.02 Å². The molecule has 0 atom stereocenters. The van der Waals surface area contributed by atoms with E-state index in [-0.39, 0.29) is 12.5 Å². The van der Waals surface area contributed by atoms with Crippen LogP contribution in [0.15, 0.2) is 53.1 Å². The lowest BCUT2D eigenvalue weighted by Crippen LogP contribution is -2.29. The number of benzene rings is 2. The molecule has 140 valence electrons. The van der Waals surface area contributed by atoms with Crippen LogP contribution in [0.3, 0.4) is 0 Å². The summed E-state index contributed by atoms with van der Waals surface area (Å²) in [6.07, 6.45) is 0. The number of hydrogen-bond donors (Lipinski definition) is 1. The molecular formula is C19H19ClN4O3. The summed E-state index contributed by atoms with van der Waals surface area (Å²) in [5.74, 6) is 1.44. The number of amides is 1. The van der Waals surface area contributed by atoms with Crippen LogP contribution in [-0.4, -0.2) is 41.6 Å². The average molecular weight is 387 g/mol. The Kier molecular flexibility index (Phi) is 6.05. The highest BCUT2D eigenvalue weighted by Gasteiger charge is 2.13. The second-order valence-electron chi connectivity index (χ2n) is 5.97. The minimum absolute atomic E-state index is 0.150. The molecule has 0 fully saturated rings. The summed E-state index contributed by atoms with van der Waals surface area (Å²) >= 11 is 5.88. The molecule has 0 radical (unpaired) electrons. The minimum atomic E-state index is -0.150. The molecular weight excluding hydrogens is 368 g/mol. The van der Waals surface area contributed by atoms with Gasteiger partial charge in [0, 0.05) is 22.3 Å². The Morgan fingerprint density at radius 1 is 1.26 bits per heavy atom. The summed E-state index contributed by atoms with van der Waals surface area (Å²) < 4.78 is 10.4. The maximum absolute atomic E-state index is 12.2. The van der Waals surface area contributed by atoms with Gasteiger partial charge in [-0.1, -0.05) is 22.8 Å². The number of likely N-dealkylation sites (N-methyl/N-ethyl adjacent to an activating group) is 1. The Labute approximate surface area is 161 Å². The lowest BCUT2D eigenvalue weighted by atomic mass is 10.2. The third kappa shape index (κ3) is 5.29. The van der Waals surface area contributed by atoms with Gasteiger partial charge < -0.3 is 14.6 Å². The van der Waals surface area contributed by atoms with Crippen molar-refractivity contribution in [3.05, 3.63) is 59.4 Å². The summed E-state index contributed by atoms with van der Waals surface area (Å²) in [6.45, 7) is 0.530. The van der Waals surface area contributed by atoms with Crippen LogP contribution in [0.4, 0.5) is 5.69 Å². The molecule has 0 bridgehead atoms. The van der Waals surface area contributed by atoms with Crippen LogP contribution in [0.5, 0.6) is 5.75 Å². The Balaban J connectivity index is 1.55. The SMILES string of the molecule is COc1cccc(NC(=O)CN(C)Cc2nc(-c3ccc(Cl)cc3)no2)c1. The largest absolute Gasteiger partial charge is 0.497 e. The van der Waals surface area contributed by atoms with Crippen LogP contribution >= 0.6 is 11.6 Å². The summed E-state index contributed by atoms with van der Waals surface area (Å²) in [5, 5.41) is 7.44. The van der Waals surface area contributed by atoms with E-state index in [9.17, 15) is 4.79 Å². The first kappa shape index (κ1) is 18.9. The number of aromatic nitrogens is 2. The zero-order chi connectivity index (χ0) is 19.2. The third-order valence-corrected chi connectivity index (χ3v) is 3.99. The molecule has 0 saturated heterocycles. The second kappa shape index (κ2) is 8.66. The normalized spacial score (nSPS) is 10.8. The molecule has 0 aliphatic carbocycles. The van der Waals surface area contributed by atoms with Crippen molar-refractivity contribution in [3.8, 4) is 17.1 Å². The topological polar surface area (TPSA) is 80.5 Å². The molecule has 1 amide bonds. The number of nitrogens with one attached hydrogen (secondary N) is 1. The Morgan fingerprint density at radius 3 is 2.78 bits per heavy atom. The summed E-state index contributed by atoms with van der Waals surface area (Å²) in [7, 11) is 3.38. The number of methoxy groups -OCH3 is 1. The fraction of sp³-hybridized carbons (Fsp3) is 0.211. The number of carbonyl (C=O) groups excluding carboxylic acids is 1. The van der Waals surface area contributed by atoms with Gasteiger partial charge in [-0.2, -0.15) is 4.98 Å². The maximum atomic E-state index is 12.2. The molecule has 8 heteroatoms. The Hall–Kier alpha value is -2.90. The predicted molar refractivity (Wildman–Crippen MR) is 103 cm³/mol. The fourth-order valence-electron chi connectivity index (χ4n) is 2.47. The zero-order valence-electron chi connectivity index (χ0n) is 15.0. The van der Waals surface area contributed by atoms with Gasteiger partial charge in [-0.25, -0.2) is 0 Å². The monoisotopic (exact) mass is 386 g/mol. The first-order valence-electron chi connectivity index (χ1n) is 8.24. The first-order chi connectivity index (χ1) is 13.0. The van der Waals surface area contributed by atoms with E-state index in [1.54, 1.807) is 43.3 Å². The molecule has 2 aromatic carbocycles. The van der Waals surface area contributed by atoms with E-state index in [4.69, 9.17) is 20.9 Å². The predicted octanol–water partition coefficient (Wildman–Crippen LogP) is 3.47. The summed E-state index contributed by atoms with van der Waals surface area (Å²) in [5.41, 5.74) is 1.49. The quantitative estimate of drug-likeness (QED) is 0.669. The molecule has 0 saturated carbocycles. The van der Waals surface area contributed by atoms with E-state index >= 15 is 0 Å². The van der Waals surface area contributed by atoms with Gasteiger partial charge in [-0.05, 0) is 43.4 Å². The lowest BCUT2D eigenvalue weighted by Gasteiger charge is -2.14. The van der Waals surface area contributed by atoms with E-state index in [1.165, 1.54) is 0 Å². The highest BCUT2D eigenvalue weighted by molar-refractivity contribution is 6.30. The number of anilines is 1. The highest BCUT2D eigenvalue weighted by Crippen LogP contribution is 2.19. The van der Waals surface area contributed by atoms with Crippen LogP contribution in [0.1, 0.15) is 5.89 Å². The first-order valence-corrected chi connectivity index (χ1v) is 8.62. The van der Waals surface area contributed by atoms with Crippen molar-refractivity contribution in [2.45, 2.75) is 6.54 Å². The van der Waals surface area contributed by atoms with E-state index in [1.807, 2.05) is 24.3 Å². The smallest absolute Gasteiger partial charge is 0.241 e. The molecule has 0 aliphatic heterocycles. The highest BCUT2D eigenvalue weighted by atomic mass is 35.5. The molecule has 0 unspecified atom stereocenters. The van der Waals surface area contributed by atoms with Crippen molar-refractivity contribution < 1.29 is 14.1 Å². The zero-order valence-corrected chi connectivity index (χ0v) is 15.7. The molecule has 3 rings (SSSR count). The fourth-order valence-corrected chi connectivity index (χ4v) is 2.59. The Bertz CT molecular complexity index is 911. The molecule has 1 aromatic heterocycles. The number of halogens is 1. The van der Waals surface area contributed by atoms with Crippen LogP contribution in [0.25, 0.3) is 11.4 Å². The van der Waals surface area contributed by atoms with Crippen LogP contribution in [0, 0.1) is 0 Å². The van der Waals surface area contributed by atoms with Crippen LogP contribution in [-0.2, 0) is 11.3 Å². The maximum Gasteiger partial charge on any atom is 0.241 e. The van der Waals surface area contributed by atoms with Crippen molar-refractivity contribution in [1.29, 1.82) is 0 Å². The van der Waals surface area contributed by atoms with Gasteiger partial charge in [-0.15, -0.1) is 0 Å². The Morgan fingerprint density at radius 2 is 2.04 bits per heavy atom. The third-order valence-electron chi connectivity index (χ3n) is 3.74. The van der Waals surface area contributed by atoms with E-state index in [2.05, 4.69) is 15.5 Å². The van der Waals surface area contributed by atoms with Crippen LogP contribution < -0.4 is 10.1 Å². The van der Waals surface area contributed by atoms with E-state index in [0.29, 0.717) is 34.7 Å². The van der Waals surface area contributed by atoms with Crippen molar-refractivity contribution in [3.63, 3.8) is 0 Å². The molecule has 7 nitrogen and oxygen atoms in total. The van der Waals surface area contributed by atoms with Gasteiger partial charge in [0.1, 0.15) is 5.75 Å². The van der Waals surface area contributed by atoms with E-state index < -0.39 is 0 Å². The molecule has 0 aliphatic rings. The van der Waals surface area contributed by atoms with Gasteiger partial charge in [-0.3, -0.25) is 9.69 Å². The number of nitrogens with zero attached hydrogens (tertiary/aromatic N) is 3. The molecule has 27 heavy (non-hydrogen) atoms. The second-order valence-corrected chi connectivity index (χ2v) is 6.41. The van der Waals surface area contributed by atoms with Gasteiger partial charge in [0.05, 0.1) is 20.2 Å². The lowest BCUT2D eigenvalue weighted by molar-refractivity contribution is -0.117. The molecule has 1 heterocycles. The van der Waals surface area contributed by atoms with Gasteiger partial charge in [0.15, 0.2) is 0 Å². The van der Waals surface area contributed by atoms with Gasteiger partial charge in [0.25, 0.3) is 0 Å². The molecule has 1 N–H and O–H groups in total. The molecule has 0 spiro atoms. The minimum Gasteiger partial charge on any atom is -0.497 e. The number of ether oxygens (including phenoxy) is 1.